The Kier molecular flexibility index (Phi) is 4.85. The molecule has 0 spiro atoms. The Balaban J connectivity index is 2.51. The molecule has 1 heterocycles. The lowest BCUT2D eigenvalue weighted by Gasteiger charge is -2.12. The highest BCUT2D eigenvalue weighted by molar-refractivity contribution is 6.11. The Bertz CT molecular complexity index is 903. The van der Waals surface area contributed by atoms with Crippen molar-refractivity contribution >= 4 is 5.78 Å². The van der Waals surface area contributed by atoms with Gasteiger partial charge in [-0.15, -0.1) is 0 Å². The number of benzene rings is 1. The average molecular weight is 324 g/mol. The molecular weight excluding hydrogens is 308 g/mol. The molecule has 1 N–H and O–H groups in total. The van der Waals surface area contributed by atoms with E-state index >= 15 is 0 Å². The maximum Gasteiger partial charge on any atom is 0.271 e. The third kappa shape index (κ3) is 2.92. The normalized spacial score (nSPS) is 10.0. The molecule has 0 saturated heterocycles. The molecule has 2 rings (SSSR count). The van der Waals surface area contributed by atoms with E-state index in [-0.39, 0.29) is 16.7 Å². The monoisotopic (exact) mass is 324 g/mol. The van der Waals surface area contributed by atoms with Crippen LogP contribution < -0.4 is 10.3 Å². The predicted molar refractivity (Wildman–Crippen MR) is 88.4 cm³/mol. The number of carbonyl (C=O) groups is 1. The second-order valence-corrected chi connectivity index (χ2v) is 5.13. The molecule has 24 heavy (non-hydrogen) atoms. The van der Waals surface area contributed by atoms with Gasteiger partial charge in [-0.2, -0.15) is 5.26 Å². The number of carbonyl (C=O) groups excluding carboxylic acids is 1. The molecule has 0 saturated carbocycles. The van der Waals surface area contributed by atoms with Crippen LogP contribution in [0, 0.1) is 18.3 Å². The van der Waals surface area contributed by atoms with Crippen molar-refractivity contribution in [2.75, 3.05) is 6.61 Å². The molecule has 0 aliphatic carbocycles. The Morgan fingerprint density at radius 2 is 2.04 bits per heavy atom. The summed E-state index contributed by atoms with van der Waals surface area (Å²) in [6, 6.07) is 8.13. The van der Waals surface area contributed by atoms with Crippen LogP contribution in [0.5, 0.6) is 11.6 Å². The molecule has 122 valence electrons. The Hall–Kier alpha value is -3.33. The Morgan fingerprint density at radius 1 is 1.42 bits per heavy atom. The fraction of sp³-hybridized carbons (Fsp3) is 0.167. The summed E-state index contributed by atoms with van der Waals surface area (Å²) in [5.41, 5.74) is -0.396. The summed E-state index contributed by atoms with van der Waals surface area (Å²) in [6.07, 6.45) is 1.61. The Labute approximate surface area is 138 Å². The van der Waals surface area contributed by atoms with E-state index in [2.05, 4.69) is 6.58 Å². The van der Waals surface area contributed by atoms with E-state index in [0.29, 0.717) is 17.9 Å². The van der Waals surface area contributed by atoms with Crippen molar-refractivity contribution < 1.29 is 14.6 Å². The van der Waals surface area contributed by atoms with Crippen LogP contribution in [0.4, 0.5) is 0 Å². The van der Waals surface area contributed by atoms with Crippen LogP contribution in [0.2, 0.25) is 0 Å². The van der Waals surface area contributed by atoms with Gasteiger partial charge in [0.2, 0.25) is 5.88 Å². The van der Waals surface area contributed by atoms with Crippen LogP contribution in [0.15, 0.2) is 41.7 Å². The van der Waals surface area contributed by atoms with E-state index in [9.17, 15) is 14.7 Å². The van der Waals surface area contributed by atoms with Gasteiger partial charge in [0.05, 0.1) is 5.56 Å². The zero-order valence-electron chi connectivity index (χ0n) is 13.4. The fourth-order valence-corrected chi connectivity index (χ4v) is 2.29. The number of nitrogens with zero attached hydrogens (tertiary/aromatic N) is 2. The van der Waals surface area contributed by atoms with Crippen LogP contribution in [-0.4, -0.2) is 22.1 Å². The van der Waals surface area contributed by atoms with E-state index < -0.39 is 17.2 Å². The first-order valence-corrected chi connectivity index (χ1v) is 7.13. The van der Waals surface area contributed by atoms with Gasteiger partial charge >= 0.3 is 0 Å². The SMILES string of the molecule is C=CCOc1ccc(C(=O)c2c(C)c(C#N)c(=O)n(C)c2O)cc1. The molecule has 0 aliphatic rings. The summed E-state index contributed by atoms with van der Waals surface area (Å²) in [7, 11) is 1.31. The number of aromatic nitrogens is 1. The zero-order valence-corrected chi connectivity index (χ0v) is 13.4. The lowest BCUT2D eigenvalue weighted by atomic mass is 9.97. The lowest BCUT2D eigenvalue weighted by molar-refractivity contribution is 0.103. The number of hydrogen-bond donors (Lipinski definition) is 1. The molecule has 0 unspecified atom stereocenters. The van der Waals surface area contributed by atoms with Gasteiger partial charge in [-0.25, -0.2) is 0 Å². The second-order valence-electron chi connectivity index (χ2n) is 5.13. The van der Waals surface area contributed by atoms with Crippen molar-refractivity contribution in [2.45, 2.75) is 6.92 Å². The summed E-state index contributed by atoms with van der Waals surface area (Å²) >= 11 is 0. The number of ketones is 1. The van der Waals surface area contributed by atoms with E-state index in [4.69, 9.17) is 10.00 Å². The van der Waals surface area contributed by atoms with Gasteiger partial charge in [0.25, 0.3) is 5.56 Å². The molecule has 1 aromatic carbocycles. The predicted octanol–water partition coefficient (Wildman–Crippen LogP) is 2.07. The number of rotatable bonds is 5. The summed E-state index contributed by atoms with van der Waals surface area (Å²) in [6.45, 7) is 5.36. The molecule has 2 aromatic rings. The van der Waals surface area contributed by atoms with Crippen molar-refractivity contribution in [3.05, 3.63) is 69.5 Å². The number of pyridine rings is 1. The van der Waals surface area contributed by atoms with Gasteiger partial charge in [0, 0.05) is 12.6 Å². The number of ether oxygens (including phenoxy) is 1. The molecule has 6 heteroatoms. The number of hydrogen-bond acceptors (Lipinski definition) is 5. The average Bonchev–Trinajstić information content (AvgIpc) is 2.59. The molecule has 0 radical (unpaired) electrons. The first kappa shape index (κ1) is 17.0. The van der Waals surface area contributed by atoms with Crippen molar-refractivity contribution in [3.8, 4) is 17.7 Å². The van der Waals surface area contributed by atoms with Crippen molar-refractivity contribution in [2.24, 2.45) is 7.05 Å². The minimum Gasteiger partial charge on any atom is -0.494 e. The van der Waals surface area contributed by atoms with Crippen LogP contribution in [-0.2, 0) is 7.05 Å². The van der Waals surface area contributed by atoms with E-state index in [1.54, 1.807) is 36.4 Å². The van der Waals surface area contributed by atoms with Gasteiger partial charge in [-0.1, -0.05) is 12.7 Å². The van der Waals surface area contributed by atoms with Crippen molar-refractivity contribution in [1.82, 2.24) is 4.57 Å². The summed E-state index contributed by atoms with van der Waals surface area (Å²) in [5, 5.41) is 19.3. The molecule has 0 aliphatic heterocycles. The first-order valence-electron chi connectivity index (χ1n) is 7.13. The maximum absolute atomic E-state index is 12.7. The van der Waals surface area contributed by atoms with Gasteiger partial charge in [0.15, 0.2) is 5.78 Å². The van der Waals surface area contributed by atoms with E-state index in [0.717, 1.165) is 4.57 Å². The third-order valence-corrected chi connectivity index (χ3v) is 3.63. The standard InChI is InChI=1S/C18H16N2O4/c1-4-9-24-13-7-5-12(6-8-13)16(21)15-11(2)14(10-19)17(22)20(3)18(15)23/h4-8,23H,1,9H2,2-3H3. The highest BCUT2D eigenvalue weighted by Crippen LogP contribution is 2.25. The molecular formula is C18H16N2O4. The van der Waals surface area contributed by atoms with Crippen LogP contribution >= 0.6 is 0 Å². The lowest BCUT2D eigenvalue weighted by Crippen LogP contribution is -2.24. The summed E-state index contributed by atoms with van der Waals surface area (Å²) in [5.74, 6) is -0.369. The smallest absolute Gasteiger partial charge is 0.271 e. The highest BCUT2D eigenvalue weighted by Gasteiger charge is 2.23. The Morgan fingerprint density at radius 3 is 2.58 bits per heavy atom. The fourth-order valence-electron chi connectivity index (χ4n) is 2.29. The largest absolute Gasteiger partial charge is 0.494 e. The molecule has 0 bridgehead atoms. The minimum atomic E-state index is -0.641. The van der Waals surface area contributed by atoms with Gasteiger partial charge in [-0.05, 0) is 36.8 Å². The van der Waals surface area contributed by atoms with Gasteiger partial charge in [0.1, 0.15) is 24.0 Å². The molecule has 6 nitrogen and oxygen atoms in total. The molecule has 0 amide bonds. The molecule has 0 atom stereocenters. The first-order chi connectivity index (χ1) is 11.4. The molecule has 1 aromatic heterocycles. The van der Waals surface area contributed by atoms with Crippen LogP contribution in [0.1, 0.15) is 27.0 Å². The van der Waals surface area contributed by atoms with Crippen molar-refractivity contribution in [1.29, 1.82) is 5.26 Å². The van der Waals surface area contributed by atoms with Crippen molar-refractivity contribution in [3.63, 3.8) is 0 Å². The van der Waals surface area contributed by atoms with E-state index in [1.807, 2.05) is 0 Å². The number of nitriles is 1. The van der Waals surface area contributed by atoms with Gasteiger partial charge < -0.3 is 9.84 Å². The topological polar surface area (TPSA) is 92.3 Å². The quantitative estimate of drug-likeness (QED) is 0.671. The van der Waals surface area contributed by atoms with Crippen LogP contribution in [0.3, 0.4) is 0 Å². The van der Waals surface area contributed by atoms with Gasteiger partial charge in [-0.3, -0.25) is 14.2 Å². The van der Waals surface area contributed by atoms with E-state index in [1.165, 1.54) is 14.0 Å². The maximum atomic E-state index is 12.7. The summed E-state index contributed by atoms with van der Waals surface area (Å²) < 4.78 is 6.24. The summed E-state index contributed by atoms with van der Waals surface area (Å²) in [4.78, 5) is 24.6. The number of aromatic hydroxyl groups is 1. The molecule has 0 fully saturated rings. The highest BCUT2D eigenvalue weighted by atomic mass is 16.5. The second kappa shape index (κ2) is 6.84. The minimum absolute atomic E-state index is 0.0617. The van der Waals surface area contributed by atoms with Crippen LogP contribution in [0.25, 0.3) is 0 Å². The third-order valence-electron chi connectivity index (χ3n) is 3.63. The zero-order chi connectivity index (χ0) is 17.9.